The Morgan fingerprint density at radius 2 is 1.25 bits per heavy atom. The van der Waals surface area contributed by atoms with Gasteiger partial charge in [0, 0.05) is 16.7 Å². The van der Waals surface area contributed by atoms with Gasteiger partial charge in [0.15, 0.2) is 12.1 Å². The summed E-state index contributed by atoms with van der Waals surface area (Å²) < 4.78 is 0. The van der Waals surface area contributed by atoms with E-state index in [1.54, 1.807) is 6.07 Å². The molecule has 4 aromatic carbocycles. The van der Waals surface area contributed by atoms with Crippen molar-refractivity contribution in [1.82, 2.24) is 0 Å². The van der Waals surface area contributed by atoms with Gasteiger partial charge >= 0.3 is 0 Å². The molecule has 0 heterocycles. The predicted octanol–water partition coefficient (Wildman–Crippen LogP) is 5.04. The van der Waals surface area contributed by atoms with Gasteiger partial charge in [-0.15, -0.1) is 0 Å². The average Bonchev–Trinajstić information content (AvgIpc) is 2.66. The van der Waals surface area contributed by atoms with Gasteiger partial charge in [-0.2, -0.15) is 0 Å². The minimum atomic E-state index is -0.125. The van der Waals surface area contributed by atoms with Gasteiger partial charge in [0.25, 0.3) is 0 Å². The van der Waals surface area contributed by atoms with Crippen LogP contribution in [0.4, 0.5) is 0 Å². The van der Waals surface area contributed by atoms with E-state index >= 15 is 0 Å². The number of benzene rings is 4. The van der Waals surface area contributed by atoms with E-state index in [4.69, 9.17) is 0 Å². The van der Waals surface area contributed by atoms with Crippen LogP contribution < -0.4 is 0 Å². The maximum Gasteiger partial charge on any atom is 0.194 e. The molecule has 0 aliphatic heterocycles. The number of hydrogen-bond donors (Lipinski definition) is 0. The maximum atomic E-state index is 13.1. The summed E-state index contributed by atoms with van der Waals surface area (Å²) in [5.41, 5.74) is 1.51. The molecule has 0 saturated heterocycles. The smallest absolute Gasteiger partial charge is 0.194 e. The van der Waals surface area contributed by atoms with Gasteiger partial charge in [0.1, 0.15) is 0 Å². The highest BCUT2D eigenvalue weighted by atomic mass is 16.1. The van der Waals surface area contributed by atoms with Crippen molar-refractivity contribution in [2.45, 2.75) is 0 Å². The number of rotatable bonds is 3. The number of hydrogen-bond acceptors (Lipinski definition) is 2. The molecular weight excluding hydrogens is 296 g/mol. The van der Waals surface area contributed by atoms with Crippen LogP contribution in [0.3, 0.4) is 0 Å². The molecular formula is C22H14O2. The van der Waals surface area contributed by atoms with Crippen LogP contribution in [0.2, 0.25) is 0 Å². The predicted molar refractivity (Wildman–Crippen MR) is 96.7 cm³/mol. The fourth-order valence-corrected chi connectivity index (χ4v) is 3.19. The summed E-state index contributed by atoms with van der Waals surface area (Å²) in [5, 5.41) is 3.67. The number of carbonyl (C=O) groups is 2. The minimum absolute atomic E-state index is 0.125. The van der Waals surface area contributed by atoms with Gasteiger partial charge in [0.2, 0.25) is 0 Å². The molecule has 0 N–H and O–H groups in total. The molecule has 0 aliphatic carbocycles. The van der Waals surface area contributed by atoms with Crippen molar-refractivity contribution in [2.24, 2.45) is 0 Å². The molecule has 0 fully saturated rings. The molecule has 24 heavy (non-hydrogen) atoms. The zero-order valence-electron chi connectivity index (χ0n) is 12.9. The SMILES string of the molecule is O=Cc1c(C(=O)c2cccc3ccccc23)ccc2ccccc12. The first-order valence-electron chi connectivity index (χ1n) is 7.79. The van der Waals surface area contributed by atoms with Crippen molar-refractivity contribution < 1.29 is 9.59 Å². The average molecular weight is 310 g/mol. The number of fused-ring (bicyclic) bond motifs is 2. The molecule has 0 amide bonds. The van der Waals surface area contributed by atoms with E-state index < -0.39 is 0 Å². The molecule has 0 spiro atoms. The van der Waals surface area contributed by atoms with Crippen molar-refractivity contribution >= 4 is 33.6 Å². The Hall–Kier alpha value is -3.26. The van der Waals surface area contributed by atoms with Crippen LogP contribution in [0.25, 0.3) is 21.5 Å². The molecule has 0 aliphatic rings. The highest BCUT2D eigenvalue weighted by molar-refractivity contribution is 6.21. The van der Waals surface area contributed by atoms with Gasteiger partial charge in [-0.3, -0.25) is 9.59 Å². The second kappa shape index (κ2) is 5.74. The van der Waals surface area contributed by atoms with E-state index in [0.717, 1.165) is 27.8 Å². The van der Waals surface area contributed by atoms with E-state index in [0.29, 0.717) is 16.7 Å². The highest BCUT2D eigenvalue weighted by Crippen LogP contribution is 2.26. The van der Waals surface area contributed by atoms with Gasteiger partial charge in [-0.05, 0) is 27.6 Å². The summed E-state index contributed by atoms with van der Waals surface area (Å²) in [7, 11) is 0. The van der Waals surface area contributed by atoms with Crippen LogP contribution in [0, 0.1) is 0 Å². The standard InChI is InChI=1S/C22H14O2/c23-14-21-18-10-4-2-7-16(18)12-13-20(21)22(24)19-11-5-8-15-6-1-3-9-17(15)19/h1-14H. The second-order valence-electron chi connectivity index (χ2n) is 5.72. The molecule has 0 bridgehead atoms. The van der Waals surface area contributed by atoms with Crippen LogP contribution >= 0.6 is 0 Å². The Morgan fingerprint density at radius 1 is 0.625 bits per heavy atom. The number of ketones is 1. The van der Waals surface area contributed by atoms with E-state index in [1.807, 2.05) is 72.8 Å². The lowest BCUT2D eigenvalue weighted by molar-refractivity contribution is 0.103. The van der Waals surface area contributed by atoms with Crippen LogP contribution in [-0.2, 0) is 0 Å². The Bertz CT molecular complexity index is 1090. The van der Waals surface area contributed by atoms with Gasteiger partial charge in [-0.1, -0.05) is 72.8 Å². The Labute approximate surface area is 139 Å². The summed E-state index contributed by atoms with van der Waals surface area (Å²) in [5.74, 6) is -0.125. The van der Waals surface area contributed by atoms with Crippen molar-refractivity contribution in [2.75, 3.05) is 0 Å². The van der Waals surface area contributed by atoms with Crippen molar-refractivity contribution in [1.29, 1.82) is 0 Å². The lowest BCUT2D eigenvalue weighted by atomic mass is 9.92. The third-order valence-corrected chi connectivity index (χ3v) is 4.37. The summed E-state index contributed by atoms with van der Waals surface area (Å²) in [6.07, 6.45) is 0.778. The number of aldehydes is 1. The summed E-state index contributed by atoms with van der Waals surface area (Å²) in [6, 6.07) is 24.7. The highest BCUT2D eigenvalue weighted by Gasteiger charge is 2.17. The van der Waals surface area contributed by atoms with Crippen LogP contribution in [0.15, 0.2) is 78.9 Å². The Kier molecular flexibility index (Phi) is 3.43. The first-order valence-corrected chi connectivity index (χ1v) is 7.79. The molecule has 0 saturated carbocycles. The van der Waals surface area contributed by atoms with Crippen molar-refractivity contribution in [3.8, 4) is 0 Å². The third kappa shape index (κ3) is 2.20. The molecule has 0 aromatic heterocycles. The monoisotopic (exact) mass is 310 g/mol. The zero-order valence-corrected chi connectivity index (χ0v) is 12.9. The van der Waals surface area contributed by atoms with E-state index in [-0.39, 0.29) is 5.78 Å². The largest absolute Gasteiger partial charge is 0.298 e. The molecule has 0 radical (unpaired) electrons. The quantitative estimate of drug-likeness (QED) is 0.392. The molecule has 4 rings (SSSR count). The normalized spacial score (nSPS) is 10.8. The van der Waals surface area contributed by atoms with Crippen molar-refractivity contribution in [3.63, 3.8) is 0 Å². The first-order chi connectivity index (χ1) is 11.8. The molecule has 114 valence electrons. The lowest BCUT2D eigenvalue weighted by Crippen LogP contribution is -2.06. The topological polar surface area (TPSA) is 34.1 Å². The lowest BCUT2D eigenvalue weighted by Gasteiger charge is -2.10. The van der Waals surface area contributed by atoms with Gasteiger partial charge in [0.05, 0.1) is 0 Å². The number of carbonyl (C=O) groups excluding carboxylic acids is 2. The van der Waals surface area contributed by atoms with E-state index in [2.05, 4.69) is 0 Å². The van der Waals surface area contributed by atoms with Crippen LogP contribution in [-0.4, -0.2) is 12.1 Å². The summed E-state index contributed by atoms with van der Waals surface area (Å²) in [6.45, 7) is 0. The zero-order chi connectivity index (χ0) is 16.5. The Morgan fingerprint density at radius 3 is 2.00 bits per heavy atom. The molecule has 0 atom stereocenters. The second-order valence-corrected chi connectivity index (χ2v) is 5.72. The third-order valence-electron chi connectivity index (χ3n) is 4.37. The van der Waals surface area contributed by atoms with Crippen LogP contribution in [0.5, 0.6) is 0 Å². The molecule has 0 unspecified atom stereocenters. The summed E-state index contributed by atoms with van der Waals surface area (Å²) in [4.78, 5) is 24.8. The molecule has 4 aromatic rings. The van der Waals surface area contributed by atoms with Crippen molar-refractivity contribution in [3.05, 3.63) is 95.6 Å². The van der Waals surface area contributed by atoms with Gasteiger partial charge in [-0.25, -0.2) is 0 Å². The molecule has 2 nitrogen and oxygen atoms in total. The summed E-state index contributed by atoms with van der Waals surface area (Å²) >= 11 is 0. The molecule has 2 heteroatoms. The minimum Gasteiger partial charge on any atom is -0.298 e. The fourth-order valence-electron chi connectivity index (χ4n) is 3.19. The Balaban J connectivity index is 1.97. The van der Waals surface area contributed by atoms with Crippen LogP contribution in [0.1, 0.15) is 26.3 Å². The van der Waals surface area contributed by atoms with E-state index in [1.165, 1.54) is 0 Å². The van der Waals surface area contributed by atoms with E-state index in [9.17, 15) is 9.59 Å². The fraction of sp³-hybridized carbons (Fsp3) is 0. The first kappa shape index (κ1) is 14.3. The maximum absolute atomic E-state index is 13.1. The van der Waals surface area contributed by atoms with Gasteiger partial charge < -0.3 is 0 Å².